The predicted molar refractivity (Wildman–Crippen MR) is 112 cm³/mol. The molecule has 0 atom stereocenters. The van der Waals surface area contributed by atoms with Gasteiger partial charge in [-0.3, -0.25) is 0 Å². The molecule has 2 aliphatic rings. The van der Waals surface area contributed by atoms with Crippen LogP contribution >= 0.6 is 0 Å². The zero-order valence-corrected chi connectivity index (χ0v) is 15.6. The van der Waals surface area contributed by atoms with E-state index in [9.17, 15) is 0 Å². The molecule has 0 fully saturated rings. The number of benzene rings is 3. The molecule has 4 aromatic rings. The summed E-state index contributed by atoms with van der Waals surface area (Å²) in [4.78, 5) is 9.43. The molecular formula is C24H19BN2. The Morgan fingerprint density at radius 3 is 2.48 bits per heavy atom. The second-order valence-electron chi connectivity index (χ2n) is 7.92. The van der Waals surface area contributed by atoms with E-state index in [1.807, 2.05) is 0 Å². The van der Waals surface area contributed by atoms with Crippen molar-refractivity contribution in [3.05, 3.63) is 88.5 Å². The van der Waals surface area contributed by atoms with Crippen molar-refractivity contribution in [2.45, 2.75) is 26.7 Å². The second kappa shape index (κ2) is 5.29. The molecule has 6 rings (SSSR count). The van der Waals surface area contributed by atoms with Crippen LogP contribution in [0.5, 0.6) is 0 Å². The van der Waals surface area contributed by atoms with E-state index in [1.54, 1.807) is 6.33 Å². The van der Waals surface area contributed by atoms with Crippen LogP contribution in [0, 0.1) is 13.8 Å². The van der Waals surface area contributed by atoms with E-state index in [2.05, 4.69) is 62.4 Å². The minimum atomic E-state index is 0.259. The quantitative estimate of drug-likeness (QED) is 0.395. The Labute approximate surface area is 159 Å². The van der Waals surface area contributed by atoms with E-state index < -0.39 is 0 Å². The highest BCUT2D eigenvalue weighted by atomic mass is 14.8. The first-order valence-corrected chi connectivity index (χ1v) is 9.64. The molecule has 3 heterocycles. The highest BCUT2D eigenvalue weighted by molar-refractivity contribution is 6.97. The van der Waals surface area contributed by atoms with Crippen molar-refractivity contribution in [2.75, 3.05) is 0 Å². The number of nitrogens with zero attached hydrogens (tertiary/aromatic N) is 2. The number of aryl methyl sites for hydroxylation is 2. The number of hydrogen-bond acceptors (Lipinski definition) is 2. The Balaban J connectivity index is 1.78. The average Bonchev–Trinajstić information content (AvgIpc) is 2.68. The average molecular weight is 346 g/mol. The largest absolute Gasteiger partial charge is 0.247 e. The number of aromatic nitrogens is 2. The summed E-state index contributed by atoms with van der Waals surface area (Å²) in [7, 11) is 0. The fourth-order valence-corrected chi connectivity index (χ4v) is 5.36. The van der Waals surface area contributed by atoms with Gasteiger partial charge >= 0.3 is 0 Å². The van der Waals surface area contributed by atoms with Gasteiger partial charge in [0.05, 0.1) is 0 Å². The van der Waals surface area contributed by atoms with Gasteiger partial charge in [0, 0.05) is 24.2 Å². The zero-order valence-electron chi connectivity index (χ0n) is 15.6. The molecule has 128 valence electrons. The molecule has 3 aromatic carbocycles. The van der Waals surface area contributed by atoms with Crippen molar-refractivity contribution in [1.29, 1.82) is 0 Å². The maximum Gasteiger partial charge on any atom is 0.247 e. The Bertz CT molecular complexity index is 1240. The highest BCUT2D eigenvalue weighted by Crippen LogP contribution is 2.27. The van der Waals surface area contributed by atoms with Crippen LogP contribution in [0.15, 0.2) is 54.9 Å². The number of hydrogen-bond donors (Lipinski definition) is 0. The van der Waals surface area contributed by atoms with Gasteiger partial charge in [-0.15, -0.1) is 0 Å². The third-order valence-corrected chi connectivity index (χ3v) is 6.44. The Kier molecular flexibility index (Phi) is 2.97. The van der Waals surface area contributed by atoms with Crippen LogP contribution in [0.3, 0.4) is 0 Å². The van der Waals surface area contributed by atoms with Crippen molar-refractivity contribution >= 4 is 33.9 Å². The molecule has 0 N–H and O–H groups in total. The van der Waals surface area contributed by atoms with Crippen LogP contribution in [0.25, 0.3) is 10.8 Å². The van der Waals surface area contributed by atoms with Crippen LogP contribution in [-0.2, 0) is 12.8 Å². The SMILES string of the molecule is Cc1cccc2c1B1c3c(ncnc3Cc3c1c(C)cc1ccccc31)C2. The van der Waals surface area contributed by atoms with Crippen LogP contribution in [0.1, 0.15) is 33.6 Å². The van der Waals surface area contributed by atoms with E-state index in [-0.39, 0.29) is 6.71 Å². The number of fused-ring (bicyclic) bond motifs is 6. The molecule has 2 nitrogen and oxygen atoms in total. The van der Waals surface area contributed by atoms with Gasteiger partial charge in [0.2, 0.25) is 6.71 Å². The van der Waals surface area contributed by atoms with Crippen molar-refractivity contribution in [1.82, 2.24) is 9.97 Å². The summed E-state index contributed by atoms with van der Waals surface area (Å²) < 4.78 is 0. The maximum absolute atomic E-state index is 4.74. The molecule has 0 spiro atoms. The van der Waals surface area contributed by atoms with Gasteiger partial charge in [-0.05, 0) is 41.2 Å². The third-order valence-electron chi connectivity index (χ3n) is 6.44. The molecule has 2 aliphatic heterocycles. The minimum absolute atomic E-state index is 0.259. The summed E-state index contributed by atoms with van der Waals surface area (Å²) in [6.07, 6.45) is 3.58. The molecule has 0 amide bonds. The van der Waals surface area contributed by atoms with Gasteiger partial charge < -0.3 is 0 Å². The zero-order chi connectivity index (χ0) is 18.1. The lowest BCUT2D eigenvalue weighted by molar-refractivity contribution is 0.978. The van der Waals surface area contributed by atoms with E-state index in [1.165, 1.54) is 60.8 Å². The fourth-order valence-electron chi connectivity index (χ4n) is 5.36. The van der Waals surface area contributed by atoms with Gasteiger partial charge in [-0.2, -0.15) is 0 Å². The lowest BCUT2D eigenvalue weighted by Crippen LogP contribution is -2.63. The molecule has 0 radical (unpaired) electrons. The molecule has 0 aliphatic carbocycles. The molecule has 0 saturated carbocycles. The first kappa shape index (κ1) is 15.2. The lowest BCUT2D eigenvalue weighted by Gasteiger charge is -2.35. The van der Waals surface area contributed by atoms with Crippen LogP contribution < -0.4 is 16.4 Å². The molecular weight excluding hydrogens is 327 g/mol. The first-order chi connectivity index (χ1) is 13.2. The normalized spacial score (nSPS) is 13.9. The van der Waals surface area contributed by atoms with Gasteiger partial charge in [0.25, 0.3) is 0 Å². The topological polar surface area (TPSA) is 25.8 Å². The van der Waals surface area contributed by atoms with Crippen molar-refractivity contribution < 1.29 is 0 Å². The van der Waals surface area contributed by atoms with Gasteiger partial charge in [0.15, 0.2) is 0 Å². The molecule has 3 heteroatoms. The Hall–Kier alpha value is -2.94. The Morgan fingerprint density at radius 2 is 1.59 bits per heavy atom. The van der Waals surface area contributed by atoms with Crippen molar-refractivity contribution in [2.24, 2.45) is 0 Å². The van der Waals surface area contributed by atoms with Crippen LogP contribution in [0.4, 0.5) is 0 Å². The van der Waals surface area contributed by atoms with Gasteiger partial charge in [-0.1, -0.05) is 70.6 Å². The molecule has 0 unspecified atom stereocenters. The fraction of sp³-hybridized carbons (Fsp3) is 0.167. The summed E-state index contributed by atoms with van der Waals surface area (Å²) >= 11 is 0. The van der Waals surface area contributed by atoms with E-state index in [0.29, 0.717) is 0 Å². The lowest BCUT2D eigenvalue weighted by atomic mass is 9.30. The summed E-state index contributed by atoms with van der Waals surface area (Å²) in [5.74, 6) is 0. The third kappa shape index (κ3) is 1.97. The summed E-state index contributed by atoms with van der Waals surface area (Å²) in [6, 6.07) is 17.8. The van der Waals surface area contributed by atoms with Crippen molar-refractivity contribution in [3.8, 4) is 0 Å². The minimum Gasteiger partial charge on any atom is -0.242 e. The predicted octanol–water partition coefficient (Wildman–Crippen LogP) is 2.57. The van der Waals surface area contributed by atoms with E-state index in [4.69, 9.17) is 9.97 Å². The molecule has 0 bridgehead atoms. The summed E-state index contributed by atoms with van der Waals surface area (Å²) in [6.45, 7) is 4.78. The highest BCUT2D eigenvalue weighted by Gasteiger charge is 2.40. The Morgan fingerprint density at radius 1 is 0.778 bits per heavy atom. The van der Waals surface area contributed by atoms with Crippen molar-refractivity contribution in [3.63, 3.8) is 0 Å². The molecule has 1 aromatic heterocycles. The first-order valence-electron chi connectivity index (χ1n) is 9.64. The molecule has 0 saturated heterocycles. The monoisotopic (exact) mass is 346 g/mol. The number of rotatable bonds is 0. The van der Waals surface area contributed by atoms with Crippen LogP contribution in [-0.4, -0.2) is 16.7 Å². The van der Waals surface area contributed by atoms with E-state index in [0.717, 1.165) is 12.8 Å². The molecule has 27 heavy (non-hydrogen) atoms. The maximum atomic E-state index is 4.74. The van der Waals surface area contributed by atoms with Crippen LogP contribution in [0.2, 0.25) is 0 Å². The smallest absolute Gasteiger partial charge is 0.242 e. The van der Waals surface area contributed by atoms with E-state index >= 15 is 0 Å². The van der Waals surface area contributed by atoms with Gasteiger partial charge in [0.1, 0.15) is 6.33 Å². The second-order valence-corrected chi connectivity index (χ2v) is 7.92. The van der Waals surface area contributed by atoms with Gasteiger partial charge in [-0.25, -0.2) is 9.97 Å². The summed E-state index contributed by atoms with van der Waals surface area (Å²) in [5.41, 5.74) is 12.4. The standard InChI is InChI=1S/C24H19BN2/c1-14-6-5-8-17-11-20-24-21(27-13-26-20)12-19-18-9-4-3-7-16(18)10-15(2)23(19)25(24)22(14)17/h3-10,13H,11-12H2,1-2H3. The summed E-state index contributed by atoms with van der Waals surface area (Å²) in [5, 5.41) is 2.69.